The predicted octanol–water partition coefficient (Wildman–Crippen LogP) is 3.11. The highest BCUT2D eigenvalue weighted by atomic mass is 35.5. The summed E-state index contributed by atoms with van der Waals surface area (Å²) in [5.74, 6) is 0. The van der Waals surface area contributed by atoms with Crippen LogP contribution in [0.4, 0.5) is 0 Å². The van der Waals surface area contributed by atoms with Crippen molar-refractivity contribution in [1.82, 2.24) is 0 Å². The second-order valence-electron chi connectivity index (χ2n) is 3.13. The number of thiophene rings is 1. The third-order valence-corrected chi connectivity index (χ3v) is 5.03. The number of hydrogen-bond acceptors (Lipinski definition) is 3. The smallest absolute Gasteiger partial charge is 0.281 e. The lowest BCUT2D eigenvalue weighted by atomic mass is 10.2. The van der Waals surface area contributed by atoms with Gasteiger partial charge in [-0.3, -0.25) is 4.55 Å². The first-order chi connectivity index (χ1) is 6.89. The highest BCUT2D eigenvalue weighted by molar-refractivity contribution is 7.88. The molecular formula is C9H7ClO3S2. The summed E-state index contributed by atoms with van der Waals surface area (Å²) in [6.45, 7) is 1.66. The molecule has 3 nitrogen and oxygen atoms in total. The number of benzene rings is 1. The largest absolute Gasteiger partial charge is 0.304 e. The number of rotatable bonds is 1. The molecule has 15 heavy (non-hydrogen) atoms. The van der Waals surface area contributed by atoms with Crippen molar-refractivity contribution in [3.8, 4) is 0 Å². The lowest BCUT2D eigenvalue weighted by Crippen LogP contribution is -1.96. The Labute approximate surface area is 96.1 Å². The molecule has 0 aliphatic carbocycles. The van der Waals surface area contributed by atoms with E-state index >= 15 is 0 Å². The maximum Gasteiger partial charge on any atom is 0.304 e. The Balaban J connectivity index is 2.87. The molecule has 1 aromatic heterocycles. The Morgan fingerprint density at radius 1 is 1.40 bits per heavy atom. The van der Waals surface area contributed by atoms with Gasteiger partial charge in [-0.25, -0.2) is 0 Å². The summed E-state index contributed by atoms with van der Waals surface area (Å²) in [5.41, 5.74) is 0.564. The van der Waals surface area contributed by atoms with Gasteiger partial charge in [-0.15, -0.1) is 11.3 Å². The molecule has 0 atom stereocenters. The van der Waals surface area contributed by atoms with E-state index in [1.165, 1.54) is 0 Å². The number of fused-ring (bicyclic) bond motifs is 1. The van der Waals surface area contributed by atoms with Gasteiger partial charge in [0.1, 0.15) is 0 Å². The van der Waals surface area contributed by atoms with Gasteiger partial charge in [-0.05, 0) is 30.0 Å². The molecule has 6 heteroatoms. The summed E-state index contributed by atoms with van der Waals surface area (Å²) in [6, 6.07) is 5.12. The molecule has 2 rings (SSSR count). The fraction of sp³-hybridized carbons (Fsp3) is 0.111. The molecule has 1 aromatic carbocycles. The monoisotopic (exact) mass is 262 g/mol. The molecule has 0 saturated heterocycles. The van der Waals surface area contributed by atoms with Crippen LogP contribution in [-0.4, -0.2) is 13.0 Å². The lowest BCUT2D eigenvalue weighted by molar-refractivity contribution is 0.485. The van der Waals surface area contributed by atoms with Gasteiger partial charge in [0.05, 0.1) is 0 Å². The first-order valence-corrected chi connectivity index (χ1v) is 6.69. The van der Waals surface area contributed by atoms with Crippen LogP contribution >= 0.6 is 22.9 Å². The average molecular weight is 263 g/mol. The third kappa shape index (κ3) is 1.88. The molecule has 0 fully saturated rings. The van der Waals surface area contributed by atoms with Crippen LogP contribution in [-0.2, 0) is 10.1 Å². The van der Waals surface area contributed by atoms with Crippen molar-refractivity contribution in [3.05, 3.63) is 28.8 Å². The van der Waals surface area contributed by atoms with Gasteiger partial charge in [-0.2, -0.15) is 8.42 Å². The Morgan fingerprint density at radius 2 is 2.07 bits per heavy atom. The molecule has 0 aliphatic heterocycles. The topological polar surface area (TPSA) is 54.4 Å². The van der Waals surface area contributed by atoms with Crippen molar-refractivity contribution >= 4 is 43.1 Å². The van der Waals surface area contributed by atoms with Crippen molar-refractivity contribution in [1.29, 1.82) is 0 Å². The van der Waals surface area contributed by atoms with Gasteiger partial charge < -0.3 is 0 Å². The zero-order valence-corrected chi connectivity index (χ0v) is 10.1. The second-order valence-corrected chi connectivity index (χ2v) is 6.24. The molecular weight excluding hydrogens is 256 g/mol. The standard InChI is InChI=1S/C9H7ClO3S2/c1-5-7-3-2-6(10)4-8(7)14-9(5)15(11,12)13/h2-4H,1H3,(H,11,12,13). The third-order valence-electron chi connectivity index (χ3n) is 2.09. The summed E-state index contributed by atoms with van der Waals surface area (Å²) in [6.07, 6.45) is 0. The Kier molecular flexibility index (Phi) is 2.50. The van der Waals surface area contributed by atoms with E-state index in [0.717, 1.165) is 21.4 Å². The summed E-state index contributed by atoms with van der Waals surface area (Å²) < 4.78 is 31.8. The Bertz CT molecular complexity index is 628. The van der Waals surface area contributed by atoms with Crippen LogP contribution in [0, 0.1) is 6.92 Å². The maximum absolute atomic E-state index is 11.0. The van der Waals surface area contributed by atoms with Gasteiger partial charge >= 0.3 is 10.1 Å². The highest BCUT2D eigenvalue weighted by Crippen LogP contribution is 2.35. The van der Waals surface area contributed by atoms with E-state index in [-0.39, 0.29) is 4.21 Å². The minimum absolute atomic E-state index is 0.0141. The van der Waals surface area contributed by atoms with Gasteiger partial charge in [-0.1, -0.05) is 17.7 Å². The molecule has 0 spiro atoms. The zero-order valence-electron chi connectivity index (χ0n) is 7.69. The van der Waals surface area contributed by atoms with E-state index in [9.17, 15) is 8.42 Å². The molecule has 1 N–H and O–H groups in total. The summed E-state index contributed by atoms with van der Waals surface area (Å²) in [5, 5.41) is 1.35. The van der Waals surface area contributed by atoms with Crippen molar-refractivity contribution in [2.75, 3.05) is 0 Å². The van der Waals surface area contributed by atoms with Crippen molar-refractivity contribution in [2.45, 2.75) is 11.1 Å². The zero-order chi connectivity index (χ0) is 11.2. The van der Waals surface area contributed by atoms with Crippen LogP contribution in [0.2, 0.25) is 5.02 Å². The first kappa shape index (κ1) is 10.9. The maximum atomic E-state index is 11.0. The van der Waals surface area contributed by atoms with E-state index < -0.39 is 10.1 Å². The van der Waals surface area contributed by atoms with Crippen LogP contribution in [0.1, 0.15) is 5.56 Å². The molecule has 0 saturated carbocycles. The van der Waals surface area contributed by atoms with E-state index in [1.807, 2.05) is 0 Å². The normalized spacial score (nSPS) is 12.2. The molecule has 0 bridgehead atoms. The Hall–Kier alpha value is -0.620. The molecule has 1 heterocycles. The summed E-state index contributed by atoms with van der Waals surface area (Å²) in [7, 11) is -4.13. The van der Waals surface area contributed by atoms with Crippen LogP contribution in [0.25, 0.3) is 10.1 Å². The number of hydrogen-bond donors (Lipinski definition) is 1. The molecule has 0 amide bonds. The average Bonchev–Trinajstić information content (AvgIpc) is 2.42. The van der Waals surface area contributed by atoms with Crippen molar-refractivity contribution in [2.24, 2.45) is 0 Å². The van der Waals surface area contributed by atoms with E-state index in [1.54, 1.807) is 25.1 Å². The van der Waals surface area contributed by atoms with Crippen LogP contribution < -0.4 is 0 Å². The first-order valence-electron chi connectivity index (χ1n) is 4.06. The molecule has 0 unspecified atom stereocenters. The molecule has 2 aromatic rings. The molecule has 80 valence electrons. The fourth-order valence-electron chi connectivity index (χ4n) is 1.42. The Morgan fingerprint density at radius 3 is 2.67 bits per heavy atom. The number of halogens is 1. The SMILES string of the molecule is Cc1c(S(=O)(=O)O)sc2cc(Cl)ccc12. The number of aryl methyl sites for hydroxylation is 1. The van der Waals surface area contributed by atoms with Gasteiger partial charge in [0.2, 0.25) is 0 Å². The van der Waals surface area contributed by atoms with E-state index in [2.05, 4.69) is 0 Å². The summed E-state index contributed by atoms with van der Waals surface area (Å²) >= 11 is 6.81. The van der Waals surface area contributed by atoms with Gasteiger partial charge in [0, 0.05) is 9.72 Å². The summed E-state index contributed by atoms with van der Waals surface area (Å²) in [4.78, 5) is 0. The van der Waals surface area contributed by atoms with Gasteiger partial charge in [0.15, 0.2) is 4.21 Å². The van der Waals surface area contributed by atoms with Crippen LogP contribution in [0.15, 0.2) is 22.4 Å². The van der Waals surface area contributed by atoms with Crippen molar-refractivity contribution in [3.63, 3.8) is 0 Å². The minimum Gasteiger partial charge on any atom is -0.281 e. The van der Waals surface area contributed by atoms with Crippen LogP contribution in [0.5, 0.6) is 0 Å². The quantitative estimate of drug-likeness (QED) is 0.804. The fourth-order valence-corrected chi connectivity index (χ4v) is 3.83. The molecule has 0 radical (unpaired) electrons. The van der Waals surface area contributed by atoms with Gasteiger partial charge in [0.25, 0.3) is 0 Å². The highest BCUT2D eigenvalue weighted by Gasteiger charge is 2.18. The van der Waals surface area contributed by atoms with E-state index in [4.69, 9.17) is 16.2 Å². The van der Waals surface area contributed by atoms with Crippen molar-refractivity contribution < 1.29 is 13.0 Å². The van der Waals surface area contributed by atoms with Crippen LogP contribution in [0.3, 0.4) is 0 Å². The second kappa shape index (κ2) is 3.45. The molecule has 0 aliphatic rings. The minimum atomic E-state index is -4.13. The predicted molar refractivity (Wildman–Crippen MR) is 61.4 cm³/mol. The van der Waals surface area contributed by atoms with E-state index in [0.29, 0.717) is 10.6 Å². The lowest BCUT2D eigenvalue weighted by Gasteiger charge is -1.93.